The van der Waals surface area contributed by atoms with Gasteiger partial charge in [0.15, 0.2) is 11.5 Å². The highest BCUT2D eigenvalue weighted by molar-refractivity contribution is 6.31. The lowest BCUT2D eigenvalue weighted by Gasteiger charge is -2.15. The lowest BCUT2D eigenvalue weighted by Crippen LogP contribution is -2.01. The van der Waals surface area contributed by atoms with Crippen LogP contribution in [0.3, 0.4) is 0 Å². The van der Waals surface area contributed by atoms with Gasteiger partial charge >= 0.3 is 0 Å². The Bertz CT molecular complexity index is 574. The van der Waals surface area contributed by atoms with Crippen molar-refractivity contribution in [3.05, 3.63) is 57.6 Å². The SMILES string of the molecule is COc1cc(Cl)cc(CO)c1OCc1cccc(Cl)c1. The van der Waals surface area contributed by atoms with Crippen LogP contribution in [0.4, 0.5) is 0 Å². The molecule has 0 saturated carbocycles. The third-order valence-corrected chi connectivity index (χ3v) is 3.21. The summed E-state index contributed by atoms with van der Waals surface area (Å²) in [5.74, 6) is 0.975. The molecule has 0 saturated heterocycles. The topological polar surface area (TPSA) is 38.7 Å². The molecule has 0 fully saturated rings. The van der Waals surface area contributed by atoms with Gasteiger partial charge in [-0.2, -0.15) is 0 Å². The van der Waals surface area contributed by atoms with E-state index < -0.39 is 0 Å². The Labute approximate surface area is 127 Å². The van der Waals surface area contributed by atoms with Crippen molar-refractivity contribution < 1.29 is 14.6 Å². The molecule has 1 N–H and O–H groups in total. The smallest absolute Gasteiger partial charge is 0.167 e. The molecular weight excluding hydrogens is 299 g/mol. The van der Waals surface area contributed by atoms with Gasteiger partial charge in [-0.1, -0.05) is 35.3 Å². The fourth-order valence-corrected chi connectivity index (χ4v) is 2.28. The van der Waals surface area contributed by atoms with E-state index in [1.807, 2.05) is 18.2 Å². The van der Waals surface area contributed by atoms with E-state index in [1.54, 1.807) is 18.2 Å². The van der Waals surface area contributed by atoms with Gasteiger partial charge in [0.2, 0.25) is 0 Å². The lowest BCUT2D eigenvalue weighted by atomic mass is 10.2. The van der Waals surface area contributed by atoms with Crippen molar-refractivity contribution in [2.24, 2.45) is 0 Å². The van der Waals surface area contributed by atoms with Crippen molar-refractivity contribution in [1.82, 2.24) is 0 Å². The van der Waals surface area contributed by atoms with Gasteiger partial charge in [-0.15, -0.1) is 0 Å². The Morgan fingerprint density at radius 1 is 1.10 bits per heavy atom. The molecule has 0 aliphatic rings. The van der Waals surface area contributed by atoms with Crippen LogP contribution in [0.15, 0.2) is 36.4 Å². The summed E-state index contributed by atoms with van der Waals surface area (Å²) in [6, 6.07) is 10.7. The van der Waals surface area contributed by atoms with Crippen molar-refractivity contribution >= 4 is 23.2 Å². The van der Waals surface area contributed by atoms with Crippen molar-refractivity contribution in [1.29, 1.82) is 0 Å². The summed E-state index contributed by atoms with van der Waals surface area (Å²) >= 11 is 11.9. The second-order valence-corrected chi connectivity index (χ2v) is 5.05. The van der Waals surface area contributed by atoms with Crippen LogP contribution in [-0.2, 0) is 13.2 Å². The maximum absolute atomic E-state index is 9.39. The number of hydrogen-bond donors (Lipinski definition) is 1. The van der Waals surface area contributed by atoms with Gasteiger partial charge in [0.1, 0.15) is 6.61 Å². The molecule has 5 heteroatoms. The highest BCUT2D eigenvalue weighted by atomic mass is 35.5. The highest BCUT2D eigenvalue weighted by Crippen LogP contribution is 2.35. The summed E-state index contributed by atoms with van der Waals surface area (Å²) in [5, 5.41) is 10.5. The zero-order valence-electron chi connectivity index (χ0n) is 10.9. The molecular formula is C15H14Cl2O3. The molecule has 106 valence electrons. The summed E-state index contributed by atoms with van der Waals surface area (Å²) in [4.78, 5) is 0. The monoisotopic (exact) mass is 312 g/mol. The third kappa shape index (κ3) is 3.57. The minimum Gasteiger partial charge on any atom is -0.493 e. The number of rotatable bonds is 5. The van der Waals surface area contributed by atoms with Crippen LogP contribution in [0, 0.1) is 0 Å². The number of aliphatic hydroxyl groups is 1. The maximum atomic E-state index is 9.39. The molecule has 0 radical (unpaired) electrons. The van der Waals surface area contributed by atoms with Gasteiger partial charge < -0.3 is 14.6 Å². The quantitative estimate of drug-likeness (QED) is 0.904. The molecule has 0 aliphatic heterocycles. The Kier molecular flexibility index (Phi) is 5.12. The van der Waals surface area contributed by atoms with Crippen molar-refractivity contribution in [2.75, 3.05) is 7.11 Å². The first-order valence-electron chi connectivity index (χ1n) is 5.98. The second-order valence-electron chi connectivity index (χ2n) is 4.17. The third-order valence-electron chi connectivity index (χ3n) is 2.76. The predicted octanol–water partition coefficient (Wildman–Crippen LogP) is 4.07. The van der Waals surface area contributed by atoms with Crippen molar-refractivity contribution in [2.45, 2.75) is 13.2 Å². The van der Waals surface area contributed by atoms with Gasteiger partial charge in [0.25, 0.3) is 0 Å². The molecule has 2 aromatic carbocycles. The molecule has 2 rings (SSSR count). The van der Waals surface area contributed by atoms with E-state index in [9.17, 15) is 5.11 Å². The Balaban J connectivity index is 2.24. The first-order valence-corrected chi connectivity index (χ1v) is 6.74. The summed E-state index contributed by atoms with van der Waals surface area (Å²) < 4.78 is 11.0. The second kappa shape index (κ2) is 6.84. The van der Waals surface area contributed by atoms with Crippen molar-refractivity contribution in [3.8, 4) is 11.5 Å². The molecule has 3 nitrogen and oxygen atoms in total. The van der Waals surface area contributed by atoms with Gasteiger partial charge in [-0.3, -0.25) is 0 Å². The fourth-order valence-electron chi connectivity index (χ4n) is 1.84. The summed E-state index contributed by atoms with van der Waals surface area (Å²) in [6.45, 7) is 0.146. The largest absolute Gasteiger partial charge is 0.493 e. The first-order chi connectivity index (χ1) is 9.63. The number of aliphatic hydroxyl groups excluding tert-OH is 1. The number of ether oxygens (including phenoxy) is 2. The molecule has 0 unspecified atom stereocenters. The first kappa shape index (κ1) is 15.0. The minimum absolute atomic E-state index is 0.179. The van der Waals surface area contributed by atoms with E-state index in [2.05, 4.69) is 0 Å². The van der Waals surface area contributed by atoms with Crippen LogP contribution >= 0.6 is 23.2 Å². The van der Waals surface area contributed by atoms with E-state index in [4.69, 9.17) is 32.7 Å². The standard InChI is InChI=1S/C15H14Cl2O3/c1-19-14-7-13(17)6-11(8-18)15(14)20-9-10-3-2-4-12(16)5-10/h2-7,18H,8-9H2,1H3. The Morgan fingerprint density at radius 3 is 2.55 bits per heavy atom. The van der Waals surface area contributed by atoms with E-state index in [1.165, 1.54) is 7.11 Å². The lowest BCUT2D eigenvalue weighted by molar-refractivity contribution is 0.250. The minimum atomic E-state index is -0.179. The molecule has 0 aromatic heterocycles. The van der Waals surface area contributed by atoms with E-state index in [0.29, 0.717) is 33.7 Å². The number of hydrogen-bond acceptors (Lipinski definition) is 3. The van der Waals surface area contributed by atoms with Gasteiger partial charge in [0.05, 0.1) is 13.7 Å². The predicted molar refractivity (Wildman–Crippen MR) is 79.7 cm³/mol. The Hall–Kier alpha value is -1.42. The normalized spacial score (nSPS) is 10.4. The summed E-state index contributed by atoms with van der Waals surface area (Å²) in [6.07, 6.45) is 0. The average molecular weight is 313 g/mol. The molecule has 2 aromatic rings. The molecule has 0 atom stereocenters. The van der Waals surface area contributed by atoms with E-state index >= 15 is 0 Å². The molecule has 0 spiro atoms. The molecule has 20 heavy (non-hydrogen) atoms. The van der Waals surface area contributed by atoms with Crippen LogP contribution in [0.5, 0.6) is 11.5 Å². The van der Waals surface area contributed by atoms with Crippen LogP contribution in [-0.4, -0.2) is 12.2 Å². The van der Waals surface area contributed by atoms with Crippen LogP contribution < -0.4 is 9.47 Å². The van der Waals surface area contributed by atoms with Crippen molar-refractivity contribution in [3.63, 3.8) is 0 Å². The summed E-state index contributed by atoms with van der Waals surface area (Å²) in [5.41, 5.74) is 1.51. The van der Waals surface area contributed by atoms with Gasteiger partial charge in [0, 0.05) is 21.7 Å². The van der Waals surface area contributed by atoms with Gasteiger partial charge in [-0.05, 0) is 23.8 Å². The molecule has 0 heterocycles. The number of methoxy groups -OCH3 is 1. The van der Waals surface area contributed by atoms with E-state index in [0.717, 1.165) is 5.56 Å². The fraction of sp³-hybridized carbons (Fsp3) is 0.200. The number of halogens is 2. The maximum Gasteiger partial charge on any atom is 0.167 e. The van der Waals surface area contributed by atoms with E-state index in [-0.39, 0.29) is 6.61 Å². The van der Waals surface area contributed by atoms with Crippen LogP contribution in [0.1, 0.15) is 11.1 Å². The van der Waals surface area contributed by atoms with Crippen LogP contribution in [0.25, 0.3) is 0 Å². The average Bonchev–Trinajstić information content (AvgIpc) is 2.45. The highest BCUT2D eigenvalue weighted by Gasteiger charge is 2.12. The summed E-state index contributed by atoms with van der Waals surface area (Å²) in [7, 11) is 1.53. The molecule has 0 bridgehead atoms. The van der Waals surface area contributed by atoms with Crippen LogP contribution in [0.2, 0.25) is 10.0 Å². The molecule has 0 amide bonds. The molecule has 0 aliphatic carbocycles. The zero-order valence-corrected chi connectivity index (χ0v) is 12.4. The Morgan fingerprint density at radius 2 is 1.90 bits per heavy atom. The number of benzene rings is 2. The van der Waals surface area contributed by atoms with Gasteiger partial charge in [-0.25, -0.2) is 0 Å². The zero-order chi connectivity index (χ0) is 14.5.